The molecule has 0 unspecified atom stereocenters. The Balaban J connectivity index is 1.53. The number of ether oxygens (including phenoxy) is 4. The van der Waals surface area contributed by atoms with E-state index >= 15 is 4.39 Å². The molecule has 3 heterocycles. The van der Waals surface area contributed by atoms with Crippen molar-refractivity contribution in [2.24, 2.45) is 0 Å². The third kappa shape index (κ3) is 5.92. The first kappa shape index (κ1) is 27.8. The summed E-state index contributed by atoms with van der Waals surface area (Å²) in [5, 5.41) is 13.0. The lowest BCUT2D eigenvalue weighted by Crippen LogP contribution is -2.43. The summed E-state index contributed by atoms with van der Waals surface area (Å²) in [4.78, 5) is 37.6. The molecule has 5 atom stereocenters. The third-order valence-electron chi connectivity index (χ3n) is 5.59. The van der Waals surface area contributed by atoms with Crippen molar-refractivity contribution in [2.75, 3.05) is 19.9 Å². The number of aliphatic hydroxyl groups is 1. The fourth-order valence-electron chi connectivity index (χ4n) is 3.81. The number of aliphatic hydroxyl groups excluding tert-OH is 1. The molecule has 38 heavy (non-hydrogen) atoms. The molecule has 2 aliphatic heterocycles. The Bertz CT molecular complexity index is 1340. The summed E-state index contributed by atoms with van der Waals surface area (Å²) < 4.78 is 62.1. The van der Waals surface area contributed by atoms with E-state index in [1.54, 1.807) is 26.0 Å². The molecule has 0 spiro atoms. The van der Waals surface area contributed by atoms with Crippen molar-refractivity contribution in [3.05, 3.63) is 51.3 Å². The van der Waals surface area contributed by atoms with E-state index in [1.807, 2.05) is 4.98 Å². The maximum Gasteiger partial charge on any atom is 0.459 e. The number of carbonyl (C=O) groups is 1. The first-order valence-electron chi connectivity index (χ1n) is 11.5. The van der Waals surface area contributed by atoms with Gasteiger partial charge in [0.1, 0.15) is 18.8 Å². The number of halogens is 1. The van der Waals surface area contributed by atoms with Crippen molar-refractivity contribution < 1.29 is 46.9 Å². The Kier molecular flexibility index (Phi) is 7.95. The van der Waals surface area contributed by atoms with Crippen LogP contribution in [0.3, 0.4) is 0 Å². The highest BCUT2D eigenvalue weighted by Gasteiger charge is 2.55. The van der Waals surface area contributed by atoms with E-state index in [2.05, 4.69) is 5.09 Å². The maximum atomic E-state index is 15.5. The van der Waals surface area contributed by atoms with Crippen LogP contribution < -0.4 is 30.3 Å². The van der Waals surface area contributed by atoms with Gasteiger partial charge in [0, 0.05) is 12.3 Å². The molecule has 0 radical (unpaired) electrons. The lowest BCUT2D eigenvalue weighted by molar-refractivity contribution is -0.146. The fraction of sp³-hybridized carbons (Fsp3) is 0.500. The highest BCUT2D eigenvalue weighted by atomic mass is 31.2. The minimum Gasteiger partial charge on any atom is -0.462 e. The lowest BCUT2D eigenvalue weighted by Gasteiger charge is -2.24. The number of esters is 1. The molecule has 208 valence electrons. The van der Waals surface area contributed by atoms with E-state index in [4.69, 9.17) is 28.0 Å². The van der Waals surface area contributed by atoms with E-state index in [0.29, 0.717) is 5.75 Å². The van der Waals surface area contributed by atoms with Crippen molar-refractivity contribution in [1.29, 1.82) is 0 Å². The lowest BCUT2D eigenvalue weighted by atomic mass is 9.98. The van der Waals surface area contributed by atoms with Gasteiger partial charge in [0.05, 0.1) is 12.7 Å². The fourth-order valence-corrected chi connectivity index (χ4v) is 5.09. The predicted molar refractivity (Wildman–Crippen MR) is 127 cm³/mol. The molecule has 2 aliphatic rings. The molecule has 3 N–H and O–H groups in total. The number of fused-ring (bicyclic) bond motifs is 1. The molecule has 1 saturated heterocycles. The Hall–Kier alpha value is -3.23. The minimum absolute atomic E-state index is 0.0334. The number of benzene rings is 1. The van der Waals surface area contributed by atoms with Crippen molar-refractivity contribution in [2.45, 2.75) is 51.0 Å². The SMILES string of the molecule is CC(C)OC(=O)CN[P@@](=O)(OC[C@H]1O[C@@H](n2ccc(=O)[nH]c2=O)[C@](C)(F)[C@@H]1O)Oc1cccc2c1OCO2. The first-order chi connectivity index (χ1) is 17.9. The van der Waals surface area contributed by atoms with E-state index in [0.717, 1.165) is 23.8 Å². The summed E-state index contributed by atoms with van der Waals surface area (Å²) >= 11 is 0. The van der Waals surface area contributed by atoms with Gasteiger partial charge in [-0.05, 0) is 32.9 Å². The molecule has 1 aromatic carbocycles. The number of aromatic amines is 1. The van der Waals surface area contributed by atoms with Gasteiger partial charge < -0.3 is 28.6 Å². The minimum atomic E-state index is -4.42. The van der Waals surface area contributed by atoms with Crippen LogP contribution in [0.1, 0.15) is 27.0 Å². The largest absolute Gasteiger partial charge is 0.462 e. The number of nitrogens with one attached hydrogen (secondary N) is 2. The van der Waals surface area contributed by atoms with Gasteiger partial charge in [-0.25, -0.2) is 18.8 Å². The van der Waals surface area contributed by atoms with E-state index < -0.39 is 68.3 Å². The van der Waals surface area contributed by atoms with E-state index in [9.17, 15) is 24.1 Å². The average Bonchev–Trinajstić information content (AvgIpc) is 3.40. The standard InChI is InChI=1S/C22H27FN3O11P/c1-12(2)35-17(28)9-24-38(31,37-14-6-4-5-13-18(14)33-11-32-13)34-10-15-19(29)22(3,23)20(36-15)26-8-7-16(27)25-21(26)30/h4-8,12,15,19-20,29H,9-11H2,1-3H3,(H,24,31)(H,25,27,30)/t15-,19-,20-,22-,38-/m1/s1. The van der Waals surface area contributed by atoms with Gasteiger partial charge in [-0.1, -0.05) is 6.07 Å². The number of aromatic nitrogens is 2. The molecular formula is C22H27FN3O11P. The zero-order valence-corrected chi connectivity index (χ0v) is 21.5. The number of H-pyrrole nitrogens is 1. The second kappa shape index (κ2) is 10.9. The van der Waals surface area contributed by atoms with Gasteiger partial charge in [0.2, 0.25) is 12.5 Å². The van der Waals surface area contributed by atoms with E-state index in [1.165, 1.54) is 6.07 Å². The van der Waals surface area contributed by atoms with Crippen LogP contribution in [-0.4, -0.2) is 64.6 Å². The quantitative estimate of drug-likeness (QED) is 0.278. The smallest absolute Gasteiger partial charge is 0.459 e. The molecule has 0 saturated carbocycles. The van der Waals surface area contributed by atoms with Gasteiger partial charge in [0.15, 0.2) is 23.4 Å². The number of carbonyl (C=O) groups excluding carboxylic acids is 1. The second-order valence-electron chi connectivity index (χ2n) is 8.89. The number of rotatable bonds is 10. The number of alkyl halides is 1. The molecule has 1 fully saturated rings. The summed E-state index contributed by atoms with van der Waals surface area (Å²) in [7, 11) is -4.42. The summed E-state index contributed by atoms with van der Waals surface area (Å²) in [5.41, 5.74) is -4.17. The molecule has 0 amide bonds. The average molecular weight is 559 g/mol. The highest BCUT2D eigenvalue weighted by Crippen LogP contribution is 2.51. The van der Waals surface area contributed by atoms with Crippen molar-refractivity contribution in [3.63, 3.8) is 0 Å². The molecule has 0 bridgehead atoms. The first-order valence-corrected chi connectivity index (χ1v) is 13.0. The highest BCUT2D eigenvalue weighted by molar-refractivity contribution is 7.52. The van der Waals surface area contributed by atoms with Crippen molar-refractivity contribution in [1.82, 2.24) is 14.6 Å². The Morgan fingerprint density at radius 1 is 1.34 bits per heavy atom. The summed E-state index contributed by atoms with van der Waals surface area (Å²) in [5.74, 6) is -0.315. The molecule has 4 rings (SSSR count). The van der Waals surface area contributed by atoms with Crippen molar-refractivity contribution in [3.8, 4) is 17.2 Å². The topological polar surface area (TPSA) is 177 Å². The zero-order valence-electron chi connectivity index (χ0n) is 20.6. The number of para-hydroxylation sites is 1. The second-order valence-corrected chi connectivity index (χ2v) is 10.6. The van der Waals surface area contributed by atoms with Crippen LogP contribution in [-0.2, 0) is 23.4 Å². The number of hydrogen-bond donors (Lipinski definition) is 3. The Morgan fingerprint density at radius 3 is 2.82 bits per heavy atom. The van der Waals surface area contributed by atoms with Gasteiger partial charge in [-0.3, -0.25) is 23.7 Å². The molecular weight excluding hydrogens is 532 g/mol. The summed E-state index contributed by atoms with van der Waals surface area (Å²) in [6.07, 6.45) is -4.34. The Morgan fingerprint density at radius 2 is 2.11 bits per heavy atom. The predicted octanol–water partition coefficient (Wildman–Crippen LogP) is 0.997. The van der Waals surface area contributed by atoms with Crippen LogP contribution in [0.5, 0.6) is 17.2 Å². The number of hydrogen-bond acceptors (Lipinski definition) is 11. The normalized spacial score (nSPS) is 25.8. The van der Waals surface area contributed by atoms with Gasteiger partial charge in [-0.2, -0.15) is 0 Å². The molecule has 0 aliphatic carbocycles. The van der Waals surface area contributed by atoms with Crippen LogP contribution in [0.25, 0.3) is 0 Å². The molecule has 14 nitrogen and oxygen atoms in total. The molecule has 1 aromatic heterocycles. The maximum absolute atomic E-state index is 15.5. The zero-order chi connectivity index (χ0) is 27.7. The third-order valence-corrected chi connectivity index (χ3v) is 7.06. The van der Waals surface area contributed by atoms with Crippen LogP contribution in [0.15, 0.2) is 40.1 Å². The summed E-state index contributed by atoms with van der Waals surface area (Å²) in [6.45, 7) is 2.90. The number of nitrogens with zero attached hydrogens (tertiary/aromatic N) is 1. The van der Waals surface area contributed by atoms with E-state index in [-0.39, 0.29) is 18.3 Å². The molecule has 16 heteroatoms. The van der Waals surface area contributed by atoms with Crippen LogP contribution in [0.2, 0.25) is 0 Å². The Labute approximate surface area is 215 Å². The van der Waals surface area contributed by atoms with Gasteiger partial charge in [-0.15, -0.1) is 0 Å². The monoisotopic (exact) mass is 559 g/mol. The molecule has 2 aromatic rings. The van der Waals surface area contributed by atoms with Crippen molar-refractivity contribution >= 4 is 13.7 Å². The van der Waals surface area contributed by atoms with Crippen LogP contribution in [0.4, 0.5) is 4.39 Å². The summed E-state index contributed by atoms with van der Waals surface area (Å²) in [6, 6.07) is 5.56. The van der Waals surface area contributed by atoms with Gasteiger partial charge in [0.25, 0.3) is 5.56 Å². The van der Waals surface area contributed by atoms with Crippen LogP contribution in [0, 0.1) is 0 Å². The van der Waals surface area contributed by atoms with Crippen LogP contribution >= 0.6 is 7.75 Å². The van der Waals surface area contributed by atoms with Gasteiger partial charge >= 0.3 is 19.4 Å².